The number of hydrogen-bond donors (Lipinski definition) is 1. The lowest BCUT2D eigenvalue weighted by Gasteiger charge is -2.33. The first-order chi connectivity index (χ1) is 16.7. The van der Waals surface area contributed by atoms with E-state index in [9.17, 15) is 14.7 Å². The van der Waals surface area contributed by atoms with Gasteiger partial charge in [-0.1, -0.05) is 12.1 Å². The average molecular weight is 483 g/mol. The van der Waals surface area contributed by atoms with Crippen LogP contribution in [0.5, 0.6) is 5.88 Å². The smallest absolute Gasteiger partial charge is 0.410 e. The number of aliphatic hydroxyl groups is 1. The fourth-order valence-electron chi connectivity index (χ4n) is 4.29. The van der Waals surface area contributed by atoms with E-state index < -0.39 is 11.8 Å². The second kappa shape index (κ2) is 10.6. The minimum Gasteiger partial charge on any atom is -0.476 e. The Morgan fingerprint density at radius 1 is 1.03 bits per heavy atom. The fraction of sp³-hybridized carbons (Fsp3) is 0.538. The Bertz CT molecular complexity index is 1010. The van der Waals surface area contributed by atoms with E-state index >= 15 is 0 Å². The number of amides is 2. The highest BCUT2D eigenvalue weighted by atomic mass is 16.6. The third kappa shape index (κ3) is 6.48. The van der Waals surface area contributed by atoms with Crippen LogP contribution < -0.4 is 4.74 Å². The van der Waals surface area contributed by atoms with Gasteiger partial charge in [-0.05, 0) is 64.5 Å². The number of piperidine rings is 1. The lowest BCUT2D eigenvalue weighted by Crippen LogP contribution is -2.42. The van der Waals surface area contributed by atoms with Crippen molar-refractivity contribution in [3.05, 3.63) is 42.2 Å². The monoisotopic (exact) mass is 482 g/mol. The van der Waals surface area contributed by atoms with Crippen molar-refractivity contribution in [1.82, 2.24) is 19.8 Å². The summed E-state index contributed by atoms with van der Waals surface area (Å²) in [5, 5.41) is 9.93. The molecule has 0 bridgehead atoms. The number of carbonyl (C=O) groups is 2. The summed E-state index contributed by atoms with van der Waals surface area (Å²) in [6, 6.07) is 7.16. The van der Waals surface area contributed by atoms with Gasteiger partial charge in [-0.2, -0.15) is 0 Å². The van der Waals surface area contributed by atoms with Crippen LogP contribution in [0.25, 0.3) is 11.3 Å². The molecule has 9 heteroatoms. The number of hydrogen-bond acceptors (Lipinski definition) is 7. The average Bonchev–Trinajstić information content (AvgIpc) is 3.28. The summed E-state index contributed by atoms with van der Waals surface area (Å²) >= 11 is 0. The van der Waals surface area contributed by atoms with Crippen molar-refractivity contribution in [2.75, 3.05) is 26.2 Å². The standard InChI is InChI=1S/C26H34N4O5/c1-26(2,3)35-25(33)29-13-10-18(11-14-29)17-34-22-16-27-21(15-28-22)19-6-8-20(9-7-19)24(32)30-12-4-5-23(30)31/h6-9,15-16,18,23,31H,4-5,10-14,17H2,1-3H3. The van der Waals surface area contributed by atoms with Crippen molar-refractivity contribution in [3.63, 3.8) is 0 Å². The molecule has 1 unspecified atom stereocenters. The van der Waals surface area contributed by atoms with Crippen LogP contribution in [0.4, 0.5) is 4.79 Å². The first-order valence-electron chi connectivity index (χ1n) is 12.2. The molecule has 2 fully saturated rings. The molecule has 1 atom stereocenters. The molecule has 0 spiro atoms. The summed E-state index contributed by atoms with van der Waals surface area (Å²) in [5.74, 6) is 0.640. The van der Waals surface area contributed by atoms with E-state index in [2.05, 4.69) is 9.97 Å². The molecule has 2 saturated heterocycles. The molecule has 0 aliphatic carbocycles. The van der Waals surface area contributed by atoms with Gasteiger partial charge in [0, 0.05) is 30.8 Å². The molecule has 188 valence electrons. The molecule has 4 rings (SSSR count). The predicted octanol–water partition coefficient (Wildman–Crippen LogP) is 3.72. The molecule has 1 aromatic carbocycles. The van der Waals surface area contributed by atoms with E-state index in [-0.39, 0.29) is 12.0 Å². The largest absolute Gasteiger partial charge is 0.476 e. The number of carbonyl (C=O) groups excluding carboxylic acids is 2. The van der Waals surface area contributed by atoms with Crippen LogP contribution in [-0.4, -0.2) is 74.9 Å². The zero-order valence-electron chi connectivity index (χ0n) is 20.6. The highest BCUT2D eigenvalue weighted by Crippen LogP contribution is 2.23. The van der Waals surface area contributed by atoms with Crippen LogP contribution in [0.3, 0.4) is 0 Å². The van der Waals surface area contributed by atoms with Gasteiger partial charge >= 0.3 is 6.09 Å². The topological polar surface area (TPSA) is 105 Å². The summed E-state index contributed by atoms with van der Waals surface area (Å²) in [6.07, 6.45) is 5.45. The molecule has 35 heavy (non-hydrogen) atoms. The minimum atomic E-state index is -0.696. The van der Waals surface area contributed by atoms with E-state index in [0.717, 1.165) is 24.8 Å². The normalized spacial score (nSPS) is 19.0. The van der Waals surface area contributed by atoms with Crippen LogP contribution in [-0.2, 0) is 4.74 Å². The summed E-state index contributed by atoms with van der Waals surface area (Å²) in [7, 11) is 0. The van der Waals surface area contributed by atoms with Gasteiger partial charge in [0.1, 0.15) is 11.8 Å². The van der Waals surface area contributed by atoms with E-state index in [1.165, 1.54) is 4.90 Å². The maximum absolute atomic E-state index is 12.6. The van der Waals surface area contributed by atoms with Crippen molar-refractivity contribution in [2.24, 2.45) is 5.92 Å². The molecule has 2 amide bonds. The SMILES string of the molecule is CC(C)(C)OC(=O)N1CCC(COc2cnc(-c3ccc(C(=O)N4CCCC4O)cc3)cn2)CC1. The fourth-order valence-corrected chi connectivity index (χ4v) is 4.29. The third-order valence-corrected chi connectivity index (χ3v) is 6.27. The van der Waals surface area contributed by atoms with Crippen molar-refractivity contribution in [2.45, 2.75) is 58.3 Å². The summed E-state index contributed by atoms with van der Waals surface area (Å²) < 4.78 is 11.3. The first kappa shape index (κ1) is 24.9. The molecule has 1 aromatic heterocycles. The van der Waals surface area contributed by atoms with E-state index in [1.54, 1.807) is 29.4 Å². The molecule has 3 heterocycles. The zero-order chi connectivity index (χ0) is 25.0. The van der Waals surface area contributed by atoms with Crippen LogP contribution in [0.15, 0.2) is 36.7 Å². The number of nitrogens with zero attached hydrogens (tertiary/aromatic N) is 4. The van der Waals surface area contributed by atoms with Gasteiger partial charge in [0.15, 0.2) is 0 Å². The Hall–Kier alpha value is -3.20. The van der Waals surface area contributed by atoms with Crippen LogP contribution >= 0.6 is 0 Å². The maximum Gasteiger partial charge on any atom is 0.410 e. The van der Waals surface area contributed by atoms with Gasteiger partial charge < -0.3 is 24.4 Å². The third-order valence-electron chi connectivity index (χ3n) is 6.27. The van der Waals surface area contributed by atoms with E-state index in [4.69, 9.17) is 9.47 Å². The first-order valence-corrected chi connectivity index (χ1v) is 12.2. The number of likely N-dealkylation sites (tertiary alicyclic amines) is 2. The molecule has 2 aliphatic heterocycles. The number of rotatable bonds is 5. The molecular formula is C26H34N4O5. The van der Waals surface area contributed by atoms with Gasteiger partial charge in [-0.25, -0.2) is 14.8 Å². The number of benzene rings is 1. The molecule has 9 nitrogen and oxygen atoms in total. The quantitative estimate of drug-likeness (QED) is 0.692. The molecule has 2 aromatic rings. The minimum absolute atomic E-state index is 0.159. The van der Waals surface area contributed by atoms with Gasteiger partial charge in [-0.3, -0.25) is 4.79 Å². The van der Waals surface area contributed by atoms with Crippen LogP contribution in [0.1, 0.15) is 56.8 Å². The molecule has 2 aliphatic rings. The molecular weight excluding hydrogens is 448 g/mol. The van der Waals surface area contributed by atoms with Crippen molar-refractivity contribution in [3.8, 4) is 17.1 Å². The Balaban J connectivity index is 1.25. The summed E-state index contributed by atoms with van der Waals surface area (Å²) in [6.45, 7) is 8.03. The van der Waals surface area contributed by atoms with E-state index in [1.807, 2.05) is 32.9 Å². The Labute approximate surface area is 206 Å². The summed E-state index contributed by atoms with van der Waals surface area (Å²) in [4.78, 5) is 36.8. The van der Waals surface area contributed by atoms with Crippen LogP contribution in [0, 0.1) is 5.92 Å². The van der Waals surface area contributed by atoms with Gasteiger partial charge in [0.05, 0.1) is 24.7 Å². The lowest BCUT2D eigenvalue weighted by atomic mass is 9.98. The Kier molecular flexibility index (Phi) is 7.54. The highest BCUT2D eigenvalue weighted by Gasteiger charge is 2.28. The zero-order valence-corrected chi connectivity index (χ0v) is 20.6. The predicted molar refractivity (Wildman–Crippen MR) is 130 cm³/mol. The summed E-state index contributed by atoms with van der Waals surface area (Å²) in [5.41, 5.74) is 1.58. The molecule has 0 saturated carbocycles. The lowest BCUT2D eigenvalue weighted by molar-refractivity contribution is 0.0163. The maximum atomic E-state index is 12.6. The molecule has 0 radical (unpaired) electrons. The second-order valence-corrected chi connectivity index (χ2v) is 10.2. The number of ether oxygens (including phenoxy) is 2. The highest BCUT2D eigenvalue weighted by molar-refractivity contribution is 5.95. The molecule has 1 N–H and O–H groups in total. The second-order valence-electron chi connectivity index (χ2n) is 10.2. The number of aliphatic hydroxyl groups excluding tert-OH is 1. The van der Waals surface area contributed by atoms with Gasteiger partial charge in [-0.15, -0.1) is 0 Å². The Morgan fingerprint density at radius 2 is 1.74 bits per heavy atom. The Morgan fingerprint density at radius 3 is 2.31 bits per heavy atom. The van der Waals surface area contributed by atoms with E-state index in [0.29, 0.717) is 55.7 Å². The van der Waals surface area contributed by atoms with Crippen molar-refractivity contribution < 1.29 is 24.2 Å². The van der Waals surface area contributed by atoms with Gasteiger partial charge in [0.2, 0.25) is 5.88 Å². The van der Waals surface area contributed by atoms with Gasteiger partial charge in [0.25, 0.3) is 5.91 Å². The van der Waals surface area contributed by atoms with Crippen LogP contribution in [0.2, 0.25) is 0 Å². The van der Waals surface area contributed by atoms with Crippen molar-refractivity contribution >= 4 is 12.0 Å². The van der Waals surface area contributed by atoms with Crippen molar-refractivity contribution in [1.29, 1.82) is 0 Å². The number of aromatic nitrogens is 2.